The summed E-state index contributed by atoms with van der Waals surface area (Å²) in [4.78, 5) is 11.5. The van der Waals surface area contributed by atoms with Crippen LogP contribution in [0.25, 0.3) is 0 Å². The molecule has 0 N–H and O–H groups in total. The molecule has 4 saturated carbocycles. The lowest BCUT2D eigenvalue weighted by atomic mass is 9.46. The molecule has 4 aliphatic carbocycles. The minimum absolute atomic E-state index is 0.0571. The summed E-state index contributed by atoms with van der Waals surface area (Å²) < 4.78 is 31.9. The molecule has 0 radical (unpaired) electrons. The molecule has 5 unspecified atom stereocenters. The van der Waals surface area contributed by atoms with E-state index < -0.39 is 21.3 Å². The number of carbonyl (C=O) groups is 1. The van der Waals surface area contributed by atoms with Crippen LogP contribution < -0.4 is 0 Å². The van der Waals surface area contributed by atoms with E-state index in [2.05, 4.69) is 0 Å². The van der Waals surface area contributed by atoms with Gasteiger partial charge in [-0.2, -0.15) is 0 Å². The summed E-state index contributed by atoms with van der Waals surface area (Å²) in [5.74, 6) is 0.911. The van der Waals surface area contributed by atoms with Gasteiger partial charge in [0.2, 0.25) is 0 Å². The third-order valence-corrected chi connectivity index (χ3v) is 5.68. The summed E-state index contributed by atoms with van der Waals surface area (Å²) in [5.41, 5.74) is -0.630. The van der Waals surface area contributed by atoms with Gasteiger partial charge in [0.25, 0.3) is 0 Å². The van der Waals surface area contributed by atoms with Crippen molar-refractivity contribution in [2.45, 2.75) is 6.42 Å². The Balaban J connectivity index is 1.77. The number of carbonyl (C=O) groups excluding carboxylic acids is 1. The average molecular weight is 199 g/mol. The molecule has 1 spiro atoms. The second kappa shape index (κ2) is 1.30. The average Bonchev–Trinajstić information content (AvgIpc) is 2.76. The maximum Gasteiger partial charge on any atom is 0.144 e. The largest absolute Gasteiger partial charge is 0.748 e. The van der Waals surface area contributed by atoms with Gasteiger partial charge in [-0.25, -0.2) is 8.42 Å². The molecule has 0 saturated heterocycles. The predicted molar refractivity (Wildman–Crippen MR) is 39.5 cm³/mol. The molecule has 0 heterocycles. The SMILES string of the molecule is O=C1C2C3C4CC1(CS(=O)(=O)[O-])C423. The van der Waals surface area contributed by atoms with E-state index in [4.69, 9.17) is 0 Å². The van der Waals surface area contributed by atoms with Crippen LogP contribution in [0.2, 0.25) is 0 Å². The van der Waals surface area contributed by atoms with Crippen LogP contribution in [0.15, 0.2) is 0 Å². The van der Waals surface area contributed by atoms with Gasteiger partial charge in [0.05, 0.1) is 15.9 Å². The normalized spacial score (nSPS) is 64.4. The minimum Gasteiger partial charge on any atom is -0.748 e. The first kappa shape index (κ1) is 6.95. The minimum atomic E-state index is -4.23. The first-order valence-corrected chi connectivity index (χ1v) is 6.01. The Hall–Kier alpha value is -0.420. The molecule has 4 rings (SSSR count). The highest BCUT2D eigenvalue weighted by Crippen LogP contribution is 3.06. The van der Waals surface area contributed by atoms with Gasteiger partial charge < -0.3 is 4.55 Å². The quantitative estimate of drug-likeness (QED) is 0.555. The molecule has 0 bridgehead atoms. The third kappa shape index (κ3) is 0.399. The van der Waals surface area contributed by atoms with E-state index >= 15 is 0 Å². The van der Waals surface area contributed by atoms with Crippen molar-refractivity contribution in [3.05, 3.63) is 0 Å². The Bertz CT molecular complexity index is 467. The van der Waals surface area contributed by atoms with Crippen molar-refractivity contribution >= 4 is 15.9 Å². The van der Waals surface area contributed by atoms with Gasteiger partial charge in [-0.15, -0.1) is 0 Å². The topological polar surface area (TPSA) is 74.3 Å². The first-order chi connectivity index (χ1) is 5.95. The Morgan fingerprint density at radius 1 is 1.54 bits per heavy atom. The van der Waals surface area contributed by atoms with Crippen molar-refractivity contribution < 1.29 is 17.8 Å². The number of fused-ring (bicyclic) bond motifs is 2. The molecule has 0 aromatic carbocycles. The standard InChI is InChI=1S/C8H8O4S/c9-6-5-4-3-1-7(6,8(3,4)5)2-13(10,11)12/h3-5H,1-2H2,(H,10,11,12)/p-1. The zero-order chi connectivity index (χ0) is 9.22. The fourth-order valence-electron chi connectivity index (χ4n) is 4.45. The van der Waals surface area contributed by atoms with E-state index in [1.807, 2.05) is 0 Å². The molecule has 5 heteroatoms. The van der Waals surface area contributed by atoms with E-state index in [1.54, 1.807) is 0 Å². The maximum absolute atomic E-state index is 11.5. The van der Waals surface area contributed by atoms with Crippen molar-refractivity contribution in [3.8, 4) is 0 Å². The van der Waals surface area contributed by atoms with Crippen LogP contribution in [0.5, 0.6) is 0 Å². The van der Waals surface area contributed by atoms with Crippen LogP contribution in [0, 0.1) is 28.6 Å². The maximum atomic E-state index is 11.5. The Kier molecular flexibility index (Phi) is 0.695. The third-order valence-electron chi connectivity index (χ3n) is 4.83. The Morgan fingerprint density at radius 2 is 2.23 bits per heavy atom. The summed E-state index contributed by atoms with van der Waals surface area (Å²) in [5, 5.41) is 0. The van der Waals surface area contributed by atoms with E-state index in [0.717, 1.165) is 0 Å². The second-order valence-corrected chi connectivity index (χ2v) is 6.30. The number of hydrogen-bond acceptors (Lipinski definition) is 4. The number of rotatable bonds is 2. The van der Waals surface area contributed by atoms with Crippen LogP contribution in [-0.2, 0) is 14.9 Å². The highest BCUT2D eigenvalue weighted by atomic mass is 32.2. The Labute approximate surface area is 75.1 Å². The van der Waals surface area contributed by atoms with Gasteiger partial charge >= 0.3 is 0 Å². The fraction of sp³-hybridized carbons (Fsp3) is 0.875. The van der Waals surface area contributed by atoms with Crippen molar-refractivity contribution in [2.24, 2.45) is 28.6 Å². The lowest BCUT2D eigenvalue weighted by molar-refractivity contribution is -0.163. The molecule has 0 aromatic rings. The molecule has 4 nitrogen and oxygen atoms in total. The van der Waals surface area contributed by atoms with Crippen LogP contribution in [0.1, 0.15) is 6.42 Å². The first-order valence-electron chi connectivity index (χ1n) is 4.43. The molecule has 5 atom stereocenters. The summed E-state index contributed by atoms with van der Waals surface area (Å²) in [7, 11) is -4.23. The fourth-order valence-corrected chi connectivity index (χ4v) is 5.56. The van der Waals surface area contributed by atoms with Crippen molar-refractivity contribution in [1.82, 2.24) is 0 Å². The van der Waals surface area contributed by atoms with Crippen LogP contribution >= 0.6 is 0 Å². The molecular weight excluding hydrogens is 192 g/mol. The molecule has 0 aliphatic heterocycles. The summed E-state index contributed by atoms with van der Waals surface area (Å²) in [6, 6.07) is 0. The Morgan fingerprint density at radius 3 is 2.54 bits per heavy atom. The van der Waals surface area contributed by atoms with Gasteiger partial charge in [-0.1, -0.05) is 0 Å². The molecular formula is C8H7O4S-. The molecule has 4 fully saturated rings. The van der Waals surface area contributed by atoms with Crippen LogP contribution in [0.3, 0.4) is 0 Å². The van der Waals surface area contributed by atoms with Gasteiger partial charge in [0.1, 0.15) is 5.78 Å². The lowest BCUT2D eigenvalue weighted by Gasteiger charge is -2.57. The molecule has 0 aromatic heterocycles. The van der Waals surface area contributed by atoms with E-state index in [9.17, 15) is 17.8 Å². The monoisotopic (exact) mass is 199 g/mol. The molecule has 70 valence electrons. The molecule has 4 aliphatic rings. The van der Waals surface area contributed by atoms with E-state index in [0.29, 0.717) is 18.3 Å². The smallest absolute Gasteiger partial charge is 0.144 e. The molecule has 13 heavy (non-hydrogen) atoms. The summed E-state index contributed by atoms with van der Waals surface area (Å²) in [6.07, 6.45) is 0.675. The van der Waals surface area contributed by atoms with Crippen molar-refractivity contribution in [2.75, 3.05) is 5.75 Å². The van der Waals surface area contributed by atoms with Crippen molar-refractivity contribution in [1.29, 1.82) is 0 Å². The second-order valence-electron chi connectivity index (χ2n) is 4.90. The number of ketones is 1. The zero-order valence-electron chi connectivity index (χ0n) is 6.69. The number of Topliss-reactive ketones (excluding diaryl/α,β-unsaturated/α-hetero) is 1. The van der Waals surface area contributed by atoms with Gasteiger partial charge in [0.15, 0.2) is 0 Å². The van der Waals surface area contributed by atoms with Crippen LogP contribution in [0.4, 0.5) is 0 Å². The van der Waals surface area contributed by atoms with E-state index in [1.165, 1.54) is 0 Å². The lowest BCUT2D eigenvalue weighted by Crippen LogP contribution is -2.64. The highest BCUT2D eigenvalue weighted by Gasteiger charge is 3.09. The van der Waals surface area contributed by atoms with Gasteiger partial charge in [0, 0.05) is 16.7 Å². The van der Waals surface area contributed by atoms with Gasteiger partial charge in [-0.05, 0) is 18.3 Å². The predicted octanol–water partition coefficient (Wildman–Crippen LogP) is -0.633. The zero-order valence-corrected chi connectivity index (χ0v) is 7.50. The van der Waals surface area contributed by atoms with Crippen LogP contribution in [-0.4, -0.2) is 24.5 Å². The molecule has 0 amide bonds. The van der Waals surface area contributed by atoms with Gasteiger partial charge in [-0.3, -0.25) is 4.79 Å². The summed E-state index contributed by atoms with van der Waals surface area (Å²) in [6.45, 7) is 0. The van der Waals surface area contributed by atoms with E-state index in [-0.39, 0.29) is 17.1 Å². The number of hydrogen-bond donors (Lipinski definition) is 0. The highest BCUT2D eigenvalue weighted by molar-refractivity contribution is 7.85. The summed E-state index contributed by atoms with van der Waals surface area (Å²) >= 11 is 0. The van der Waals surface area contributed by atoms with Crippen molar-refractivity contribution in [3.63, 3.8) is 0 Å².